The molecule has 2 aromatic rings. The van der Waals surface area contributed by atoms with E-state index in [9.17, 15) is 19.5 Å². The van der Waals surface area contributed by atoms with E-state index in [1.165, 1.54) is 0 Å². The number of ether oxygens (including phenoxy) is 1. The van der Waals surface area contributed by atoms with Crippen molar-refractivity contribution in [2.45, 2.75) is 70.4 Å². The number of hydrogen-bond donors (Lipinski definition) is 3. The standard InChI is InChI=1S/C28H34N2O5/c1-3-4-14-23(25(31)32)29-26(33)28(2)16-9-15-24(28)30-27(34)35-17-22-20-12-7-5-10-18(20)19-11-6-8-13-21(19)22/h5-8,10-13,22-24H,3-4,9,14-17H2,1-2H3,(H,29,33)(H,30,34)(H,31,32)/t23-,24?,28?/m0/s1. The van der Waals surface area contributed by atoms with Crippen molar-refractivity contribution < 1.29 is 24.2 Å². The van der Waals surface area contributed by atoms with Crippen molar-refractivity contribution in [3.63, 3.8) is 0 Å². The second-order valence-corrected chi connectivity index (χ2v) is 9.84. The van der Waals surface area contributed by atoms with Crippen molar-refractivity contribution in [2.24, 2.45) is 5.41 Å². The number of hydrogen-bond acceptors (Lipinski definition) is 4. The summed E-state index contributed by atoms with van der Waals surface area (Å²) in [5, 5.41) is 15.1. The van der Waals surface area contributed by atoms with Gasteiger partial charge < -0.3 is 20.5 Å². The zero-order valence-electron chi connectivity index (χ0n) is 20.4. The number of rotatable bonds is 9. The van der Waals surface area contributed by atoms with Gasteiger partial charge in [0.2, 0.25) is 5.91 Å². The minimum Gasteiger partial charge on any atom is -0.480 e. The van der Waals surface area contributed by atoms with Crippen molar-refractivity contribution in [3.8, 4) is 11.1 Å². The fourth-order valence-electron chi connectivity index (χ4n) is 5.44. The summed E-state index contributed by atoms with van der Waals surface area (Å²) in [6.45, 7) is 3.98. The monoisotopic (exact) mass is 478 g/mol. The molecule has 2 aliphatic rings. The van der Waals surface area contributed by atoms with E-state index in [0.29, 0.717) is 19.3 Å². The van der Waals surface area contributed by atoms with E-state index in [2.05, 4.69) is 34.9 Å². The van der Waals surface area contributed by atoms with Crippen LogP contribution < -0.4 is 10.6 Å². The predicted octanol–water partition coefficient (Wildman–Crippen LogP) is 4.84. The van der Waals surface area contributed by atoms with Gasteiger partial charge in [0.1, 0.15) is 12.6 Å². The number of unbranched alkanes of at least 4 members (excludes halogenated alkanes) is 1. The minimum atomic E-state index is -1.03. The molecule has 7 nitrogen and oxygen atoms in total. The first-order chi connectivity index (χ1) is 16.8. The number of nitrogens with one attached hydrogen (secondary N) is 2. The van der Waals surface area contributed by atoms with Crippen LogP contribution in [0, 0.1) is 5.41 Å². The lowest BCUT2D eigenvalue weighted by Crippen LogP contribution is -2.54. The quantitative estimate of drug-likeness (QED) is 0.478. The Balaban J connectivity index is 1.39. The summed E-state index contributed by atoms with van der Waals surface area (Å²) >= 11 is 0. The van der Waals surface area contributed by atoms with Gasteiger partial charge in [-0.05, 0) is 48.4 Å². The van der Waals surface area contributed by atoms with Crippen LogP contribution in [-0.2, 0) is 14.3 Å². The van der Waals surface area contributed by atoms with Crippen LogP contribution in [-0.4, -0.2) is 41.8 Å². The average Bonchev–Trinajstić information content (AvgIpc) is 3.38. The molecule has 35 heavy (non-hydrogen) atoms. The molecule has 0 aromatic heterocycles. The van der Waals surface area contributed by atoms with E-state index >= 15 is 0 Å². The SMILES string of the molecule is CCCC[C@H](NC(=O)C1(C)CCCC1NC(=O)OCC1c2ccccc2-c2ccccc21)C(=O)O. The molecular formula is C28H34N2O5. The number of aliphatic carboxylic acids is 1. The summed E-state index contributed by atoms with van der Waals surface area (Å²) in [5.74, 6) is -1.40. The number of amides is 2. The normalized spacial score (nSPS) is 21.6. The number of carbonyl (C=O) groups is 3. The molecule has 3 N–H and O–H groups in total. The molecule has 7 heteroatoms. The highest BCUT2D eigenvalue weighted by molar-refractivity contribution is 5.88. The van der Waals surface area contributed by atoms with Gasteiger partial charge in [-0.15, -0.1) is 0 Å². The lowest BCUT2D eigenvalue weighted by atomic mass is 9.83. The Labute approximate surface area is 206 Å². The zero-order valence-corrected chi connectivity index (χ0v) is 20.4. The highest BCUT2D eigenvalue weighted by Gasteiger charge is 2.47. The molecule has 0 heterocycles. The fourth-order valence-corrected chi connectivity index (χ4v) is 5.44. The van der Waals surface area contributed by atoms with Crippen molar-refractivity contribution in [1.82, 2.24) is 10.6 Å². The molecule has 0 bridgehead atoms. The van der Waals surface area contributed by atoms with Crippen LogP contribution in [0.3, 0.4) is 0 Å². The molecule has 0 saturated heterocycles. The van der Waals surface area contributed by atoms with E-state index in [1.54, 1.807) is 6.92 Å². The molecule has 1 fully saturated rings. The minimum absolute atomic E-state index is 0.0405. The highest BCUT2D eigenvalue weighted by atomic mass is 16.5. The van der Waals surface area contributed by atoms with Crippen molar-refractivity contribution in [3.05, 3.63) is 59.7 Å². The van der Waals surface area contributed by atoms with Gasteiger partial charge in [-0.2, -0.15) is 0 Å². The largest absolute Gasteiger partial charge is 0.480 e. The van der Waals surface area contributed by atoms with E-state index in [0.717, 1.165) is 41.5 Å². The van der Waals surface area contributed by atoms with Crippen LogP contribution in [0.1, 0.15) is 69.4 Å². The maximum absolute atomic E-state index is 13.1. The molecule has 4 rings (SSSR count). The summed E-state index contributed by atoms with van der Waals surface area (Å²) in [4.78, 5) is 37.5. The van der Waals surface area contributed by atoms with Crippen LogP contribution in [0.2, 0.25) is 0 Å². The summed E-state index contributed by atoms with van der Waals surface area (Å²) in [6, 6.07) is 15.0. The zero-order chi connectivity index (χ0) is 25.0. The van der Waals surface area contributed by atoms with Gasteiger partial charge in [-0.3, -0.25) is 4.79 Å². The van der Waals surface area contributed by atoms with Gasteiger partial charge in [-0.1, -0.05) is 74.7 Å². The number of benzene rings is 2. The van der Waals surface area contributed by atoms with Crippen molar-refractivity contribution in [1.29, 1.82) is 0 Å². The Bertz CT molecular complexity index is 1050. The molecule has 186 valence electrons. The summed E-state index contributed by atoms with van der Waals surface area (Å²) in [5.41, 5.74) is 3.71. The predicted molar refractivity (Wildman–Crippen MR) is 133 cm³/mol. The Kier molecular flexibility index (Phi) is 7.43. The van der Waals surface area contributed by atoms with Gasteiger partial charge in [0.15, 0.2) is 0 Å². The third kappa shape index (κ3) is 5.04. The maximum atomic E-state index is 13.1. The van der Waals surface area contributed by atoms with Gasteiger partial charge in [0.25, 0.3) is 0 Å². The van der Waals surface area contributed by atoms with Crippen LogP contribution in [0.25, 0.3) is 11.1 Å². The molecule has 0 radical (unpaired) electrons. The highest BCUT2D eigenvalue weighted by Crippen LogP contribution is 2.44. The topological polar surface area (TPSA) is 105 Å². The number of fused-ring (bicyclic) bond motifs is 3. The van der Waals surface area contributed by atoms with Gasteiger partial charge in [0, 0.05) is 12.0 Å². The average molecular weight is 479 g/mol. The first-order valence-corrected chi connectivity index (χ1v) is 12.5. The smallest absolute Gasteiger partial charge is 0.407 e. The van der Waals surface area contributed by atoms with Crippen molar-refractivity contribution in [2.75, 3.05) is 6.61 Å². The fraction of sp³-hybridized carbons (Fsp3) is 0.464. The molecular weight excluding hydrogens is 444 g/mol. The van der Waals surface area contributed by atoms with Crippen LogP contribution in [0.4, 0.5) is 4.79 Å². The number of carboxylic acid groups (broad SMARTS) is 1. The molecule has 2 amide bonds. The van der Waals surface area contributed by atoms with Gasteiger partial charge in [-0.25, -0.2) is 9.59 Å². The maximum Gasteiger partial charge on any atom is 0.407 e. The van der Waals surface area contributed by atoms with E-state index < -0.39 is 29.6 Å². The number of carbonyl (C=O) groups excluding carboxylic acids is 2. The lowest BCUT2D eigenvalue weighted by Gasteiger charge is -2.32. The molecule has 0 aliphatic heterocycles. The first-order valence-electron chi connectivity index (χ1n) is 12.5. The summed E-state index contributed by atoms with van der Waals surface area (Å²) in [7, 11) is 0. The lowest BCUT2D eigenvalue weighted by molar-refractivity contribution is -0.144. The Hall–Kier alpha value is -3.35. The summed E-state index contributed by atoms with van der Waals surface area (Å²) in [6.07, 6.45) is 3.38. The Morgan fingerprint density at radius 1 is 1.09 bits per heavy atom. The first kappa shape index (κ1) is 24.8. The number of alkyl carbamates (subject to hydrolysis) is 1. The molecule has 2 aromatic carbocycles. The van der Waals surface area contributed by atoms with Crippen LogP contribution >= 0.6 is 0 Å². The third-order valence-corrected chi connectivity index (χ3v) is 7.56. The van der Waals surface area contributed by atoms with Gasteiger partial charge >= 0.3 is 12.1 Å². The third-order valence-electron chi connectivity index (χ3n) is 7.56. The van der Waals surface area contributed by atoms with E-state index in [4.69, 9.17) is 4.74 Å². The molecule has 3 atom stereocenters. The second kappa shape index (κ2) is 10.5. The van der Waals surface area contributed by atoms with Crippen molar-refractivity contribution >= 4 is 18.0 Å². The number of carboxylic acids is 1. The van der Waals surface area contributed by atoms with Crippen LogP contribution in [0.15, 0.2) is 48.5 Å². The molecule has 2 aliphatic carbocycles. The Morgan fingerprint density at radius 3 is 2.31 bits per heavy atom. The van der Waals surface area contributed by atoms with E-state index in [1.807, 2.05) is 31.2 Å². The van der Waals surface area contributed by atoms with E-state index in [-0.39, 0.29) is 18.4 Å². The molecule has 0 spiro atoms. The second-order valence-electron chi connectivity index (χ2n) is 9.84. The molecule has 2 unspecified atom stereocenters. The Morgan fingerprint density at radius 2 is 1.71 bits per heavy atom. The molecule has 1 saturated carbocycles. The van der Waals surface area contributed by atoms with Gasteiger partial charge in [0.05, 0.1) is 5.41 Å². The summed E-state index contributed by atoms with van der Waals surface area (Å²) < 4.78 is 5.67. The van der Waals surface area contributed by atoms with Crippen LogP contribution in [0.5, 0.6) is 0 Å².